The van der Waals surface area contributed by atoms with Crippen LogP contribution >= 0.6 is 0 Å². The van der Waals surface area contributed by atoms with Gasteiger partial charge in [-0.1, -0.05) is 27.7 Å². The maximum Gasteiger partial charge on any atom is 0.340 e. The van der Waals surface area contributed by atoms with Gasteiger partial charge in [-0.3, -0.25) is 0 Å². The van der Waals surface area contributed by atoms with E-state index < -0.39 is 5.97 Å². The van der Waals surface area contributed by atoms with Gasteiger partial charge in [0.25, 0.3) is 0 Å². The van der Waals surface area contributed by atoms with Crippen LogP contribution < -0.4 is 11.1 Å². The van der Waals surface area contributed by atoms with Crippen LogP contribution in [0, 0.1) is 6.92 Å². The largest absolute Gasteiger partial charge is 0.465 e. The van der Waals surface area contributed by atoms with Crippen molar-refractivity contribution in [2.24, 2.45) is 0 Å². The third kappa shape index (κ3) is 6.45. The molecular weight excluding hydrogens is 252 g/mol. The second kappa shape index (κ2) is 11.1. The van der Waals surface area contributed by atoms with Crippen LogP contribution in [0.2, 0.25) is 0 Å². The van der Waals surface area contributed by atoms with E-state index in [0.29, 0.717) is 11.3 Å². The quantitative estimate of drug-likeness (QED) is 0.643. The second-order valence-corrected chi connectivity index (χ2v) is 4.06. The number of nitrogens with two attached hydrogens (primary N) is 1. The number of nitrogens with one attached hydrogen (secondary N) is 1. The van der Waals surface area contributed by atoms with Gasteiger partial charge in [-0.05, 0) is 38.5 Å². The Hall–Kier alpha value is -1.71. The molecule has 116 valence electrons. The zero-order valence-corrected chi connectivity index (χ0v) is 14.1. The second-order valence-electron chi connectivity index (χ2n) is 4.06. The van der Waals surface area contributed by atoms with Gasteiger partial charge in [-0.2, -0.15) is 0 Å². The van der Waals surface area contributed by atoms with E-state index >= 15 is 0 Å². The lowest BCUT2D eigenvalue weighted by molar-refractivity contribution is 0.0602. The minimum Gasteiger partial charge on any atom is -0.465 e. The molecule has 4 nitrogen and oxygen atoms in total. The van der Waals surface area contributed by atoms with E-state index in [0.717, 1.165) is 11.3 Å². The van der Waals surface area contributed by atoms with Crippen molar-refractivity contribution in [1.82, 2.24) is 0 Å². The highest BCUT2D eigenvalue weighted by molar-refractivity contribution is 5.98. The van der Waals surface area contributed by atoms with E-state index in [2.05, 4.69) is 10.1 Å². The number of carbonyl (C=O) groups is 1. The number of nitrogen functional groups attached to an aromatic ring is 1. The van der Waals surface area contributed by atoms with Crippen LogP contribution in [0.1, 0.15) is 57.5 Å². The summed E-state index contributed by atoms with van der Waals surface area (Å²) in [4.78, 5) is 11.5. The van der Waals surface area contributed by atoms with Crippen molar-refractivity contribution < 1.29 is 9.53 Å². The standard InChI is InChI=1S/C12H18N2O2.2C2H6/c1-7(2)14-10-6-8(3)5-9(11(10)13)12(15)16-4;2*1-2/h5-7,14H,13H2,1-4H3;2*1-2H3. The fraction of sp³-hybridized carbons (Fsp3) is 0.562. The summed E-state index contributed by atoms with van der Waals surface area (Å²) >= 11 is 0. The maximum absolute atomic E-state index is 11.5. The zero-order chi connectivity index (χ0) is 16.3. The van der Waals surface area contributed by atoms with E-state index in [1.165, 1.54) is 7.11 Å². The molecule has 0 aliphatic heterocycles. The minimum absolute atomic E-state index is 0.259. The summed E-state index contributed by atoms with van der Waals surface area (Å²) < 4.78 is 4.69. The molecule has 0 fully saturated rings. The number of methoxy groups -OCH3 is 1. The van der Waals surface area contributed by atoms with Crippen LogP contribution in [-0.2, 0) is 4.74 Å². The Morgan fingerprint density at radius 2 is 1.70 bits per heavy atom. The molecule has 0 radical (unpaired) electrons. The van der Waals surface area contributed by atoms with Crippen molar-refractivity contribution in [3.05, 3.63) is 23.3 Å². The monoisotopic (exact) mass is 282 g/mol. The van der Waals surface area contributed by atoms with Crippen molar-refractivity contribution in [2.45, 2.75) is 54.5 Å². The highest BCUT2D eigenvalue weighted by atomic mass is 16.5. The Labute approximate surface area is 123 Å². The third-order valence-corrected chi connectivity index (χ3v) is 2.17. The molecule has 0 saturated carbocycles. The van der Waals surface area contributed by atoms with Gasteiger partial charge in [-0.25, -0.2) is 4.79 Å². The van der Waals surface area contributed by atoms with Gasteiger partial charge in [0.1, 0.15) is 0 Å². The molecular formula is C16H30N2O2. The van der Waals surface area contributed by atoms with Crippen LogP contribution in [0.5, 0.6) is 0 Å². The number of aryl methyl sites for hydroxylation is 1. The lowest BCUT2D eigenvalue weighted by Crippen LogP contribution is -2.14. The van der Waals surface area contributed by atoms with Crippen LogP contribution in [0.25, 0.3) is 0 Å². The summed E-state index contributed by atoms with van der Waals surface area (Å²) in [6.45, 7) is 13.9. The van der Waals surface area contributed by atoms with Gasteiger partial charge in [0, 0.05) is 6.04 Å². The lowest BCUT2D eigenvalue weighted by Gasteiger charge is -2.15. The normalized spacial score (nSPS) is 8.85. The van der Waals surface area contributed by atoms with Crippen LogP contribution in [0.3, 0.4) is 0 Å². The number of hydrogen-bond acceptors (Lipinski definition) is 4. The minimum atomic E-state index is -0.409. The molecule has 1 aromatic carbocycles. The molecule has 1 rings (SSSR count). The van der Waals surface area contributed by atoms with E-state index in [1.54, 1.807) is 6.07 Å². The van der Waals surface area contributed by atoms with Gasteiger partial charge in [-0.15, -0.1) is 0 Å². The first kappa shape index (κ1) is 20.6. The third-order valence-electron chi connectivity index (χ3n) is 2.17. The van der Waals surface area contributed by atoms with Crippen LogP contribution in [-0.4, -0.2) is 19.1 Å². The Kier molecular flexibility index (Phi) is 11.5. The van der Waals surface area contributed by atoms with Gasteiger partial charge in [0.15, 0.2) is 0 Å². The van der Waals surface area contributed by atoms with Gasteiger partial charge >= 0.3 is 5.97 Å². The summed E-state index contributed by atoms with van der Waals surface area (Å²) in [6.07, 6.45) is 0. The van der Waals surface area contributed by atoms with Crippen molar-refractivity contribution in [2.75, 3.05) is 18.2 Å². The number of hydrogen-bond donors (Lipinski definition) is 2. The summed E-state index contributed by atoms with van der Waals surface area (Å²) in [7, 11) is 1.35. The first-order chi connectivity index (χ1) is 9.45. The smallest absolute Gasteiger partial charge is 0.340 e. The molecule has 0 saturated heterocycles. The summed E-state index contributed by atoms with van der Waals surface area (Å²) in [5, 5.41) is 3.20. The molecule has 0 amide bonds. The first-order valence-electron chi connectivity index (χ1n) is 7.20. The Morgan fingerprint density at radius 3 is 2.10 bits per heavy atom. The predicted molar refractivity (Wildman–Crippen MR) is 88.4 cm³/mol. The Morgan fingerprint density at radius 1 is 1.20 bits per heavy atom. The molecule has 1 aromatic rings. The fourth-order valence-corrected chi connectivity index (χ4v) is 1.51. The summed E-state index contributed by atoms with van der Waals surface area (Å²) in [5.74, 6) is -0.409. The molecule has 0 aliphatic rings. The van der Waals surface area contributed by atoms with Crippen molar-refractivity contribution in [1.29, 1.82) is 0 Å². The molecule has 0 spiro atoms. The van der Waals surface area contributed by atoms with Crippen molar-refractivity contribution in [3.8, 4) is 0 Å². The number of benzene rings is 1. The van der Waals surface area contributed by atoms with Crippen molar-refractivity contribution >= 4 is 17.3 Å². The molecule has 0 atom stereocenters. The highest BCUT2D eigenvalue weighted by Gasteiger charge is 2.14. The first-order valence-corrected chi connectivity index (χ1v) is 7.20. The van der Waals surface area contributed by atoms with E-state index in [9.17, 15) is 4.79 Å². The molecule has 0 aliphatic carbocycles. The van der Waals surface area contributed by atoms with Gasteiger partial charge < -0.3 is 15.8 Å². The SMILES string of the molecule is CC.CC.COC(=O)c1cc(C)cc(NC(C)C)c1N. The van der Waals surface area contributed by atoms with Gasteiger partial charge in [0.05, 0.1) is 24.0 Å². The topological polar surface area (TPSA) is 64.3 Å². The zero-order valence-electron chi connectivity index (χ0n) is 14.1. The Balaban J connectivity index is 0. The summed E-state index contributed by atoms with van der Waals surface area (Å²) in [5.41, 5.74) is 8.50. The molecule has 0 bridgehead atoms. The van der Waals surface area contributed by atoms with Crippen LogP contribution in [0.4, 0.5) is 11.4 Å². The lowest BCUT2D eigenvalue weighted by atomic mass is 10.1. The van der Waals surface area contributed by atoms with Crippen molar-refractivity contribution in [3.63, 3.8) is 0 Å². The van der Waals surface area contributed by atoms with E-state index in [1.807, 2.05) is 54.5 Å². The highest BCUT2D eigenvalue weighted by Crippen LogP contribution is 2.26. The number of anilines is 2. The van der Waals surface area contributed by atoms with E-state index in [4.69, 9.17) is 5.73 Å². The molecule has 0 unspecified atom stereocenters. The maximum atomic E-state index is 11.5. The predicted octanol–water partition coefficient (Wildman–Crippen LogP) is 4.24. The average Bonchev–Trinajstić information content (AvgIpc) is 2.45. The van der Waals surface area contributed by atoms with Gasteiger partial charge in [0.2, 0.25) is 0 Å². The molecule has 20 heavy (non-hydrogen) atoms. The molecule has 0 aromatic heterocycles. The van der Waals surface area contributed by atoms with Crippen LogP contribution in [0.15, 0.2) is 12.1 Å². The number of carbonyl (C=O) groups excluding carboxylic acids is 1. The number of rotatable bonds is 3. The Bertz CT molecular complexity index is 402. The van der Waals surface area contributed by atoms with E-state index in [-0.39, 0.29) is 6.04 Å². The molecule has 4 heteroatoms. The molecule has 3 N–H and O–H groups in total. The number of ether oxygens (including phenoxy) is 1. The summed E-state index contributed by atoms with van der Waals surface area (Å²) in [6, 6.07) is 3.91. The molecule has 0 heterocycles. The average molecular weight is 282 g/mol. The fourth-order valence-electron chi connectivity index (χ4n) is 1.51. The number of esters is 1.